The Morgan fingerprint density at radius 2 is 1.89 bits per heavy atom. The van der Waals surface area contributed by atoms with E-state index < -0.39 is 24.3 Å². The van der Waals surface area contributed by atoms with Crippen LogP contribution in [0.25, 0.3) is 11.4 Å². The first-order valence-corrected chi connectivity index (χ1v) is 12.0. The van der Waals surface area contributed by atoms with Crippen LogP contribution in [0, 0.1) is 0 Å². The monoisotopic (exact) mass is 508 g/mol. The van der Waals surface area contributed by atoms with E-state index in [9.17, 15) is 9.59 Å². The van der Waals surface area contributed by atoms with Gasteiger partial charge in [0, 0.05) is 31.0 Å². The van der Waals surface area contributed by atoms with Crippen LogP contribution in [-0.2, 0) is 18.9 Å². The minimum absolute atomic E-state index is 0.178. The second-order valence-corrected chi connectivity index (χ2v) is 8.92. The average molecular weight is 509 g/mol. The third kappa shape index (κ3) is 5.11. The fraction of sp³-hybridized carbons (Fsp3) is 0.400. The Hall–Kier alpha value is -4.03. The number of benzene rings is 2. The van der Waals surface area contributed by atoms with Gasteiger partial charge in [-0.1, -0.05) is 6.07 Å². The van der Waals surface area contributed by atoms with Gasteiger partial charge in [0.25, 0.3) is 0 Å². The predicted molar refractivity (Wildman–Crippen MR) is 132 cm³/mol. The van der Waals surface area contributed by atoms with Crippen LogP contribution in [0.1, 0.15) is 23.3 Å². The number of hydrogen-bond acceptors (Lipinski definition) is 10. The first kappa shape index (κ1) is 24.7. The number of amides is 1. The van der Waals surface area contributed by atoms with Crippen molar-refractivity contribution in [3.63, 3.8) is 0 Å². The average Bonchev–Trinajstić information content (AvgIpc) is 3.62. The highest BCUT2D eigenvalue weighted by atomic mass is 16.6. The molecule has 1 aromatic heterocycles. The molecular formula is C25H28N6O6. The number of nitrogens with one attached hydrogen (secondary N) is 1. The molecule has 37 heavy (non-hydrogen) atoms. The number of esters is 1. The molecule has 0 aliphatic carbocycles. The Balaban J connectivity index is 1.23. The number of carbonyl (C=O) groups is 2. The summed E-state index contributed by atoms with van der Waals surface area (Å²) in [6.45, 7) is 2.48. The van der Waals surface area contributed by atoms with Gasteiger partial charge in [-0.05, 0) is 59.8 Å². The molecule has 3 aromatic rings. The van der Waals surface area contributed by atoms with Gasteiger partial charge >= 0.3 is 12.1 Å². The Bertz CT molecular complexity index is 1260. The molecule has 0 radical (unpaired) electrons. The largest absolute Gasteiger partial charge is 0.462 e. The van der Waals surface area contributed by atoms with Gasteiger partial charge in [0.2, 0.25) is 0 Å². The molecule has 12 nitrogen and oxygen atoms in total. The molecule has 0 spiro atoms. The summed E-state index contributed by atoms with van der Waals surface area (Å²) in [6.07, 6.45) is -2.13. The van der Waals surface area contributed by atoms with Crippen molar-refractivity contribution in [2.45, 2.75) is 31.3 Å². The smallest absolute Gasteiger partial charge is 0.412 e. The Labute approximate surface area is 213 Å². The summed E-state index contributed by atoms with van der Waals surface area (Å²) in [7, 11) is 3.96. The van der Waals surface area contributed by atoms with Crippen LogP contribution in [0.3, 0.4) is 0 Å². The first-order chi connectivity index (χ1) is 17.9. The number of carbonyl (C=O) groups excluding carboxylic acids is 2. The quantitative estimate of drug-likeness (QED) is 0.475. The molecule has 3 heterocycles. The van der Waals surface area contributed by atoms with Crippen LogP contribution in [0.15, 0.2) is 48.5 Å². The molecule has 0 unspecified atom stereocenters. The number of nitrogens with zero attached hydrogens (tertiary/aromatic N) is 5. The summed E-state index contributed by atoms with van der Waals surface area (Å²) in [6, 6.07) is 14.1. The topological polar surface area (TPSA) is 130 Å². The van der Waals surface area contributed by atoms with Gasteiger partial charge in [-0.25, -0.2) is 14.3 Å². The molecule has 194 valence electrons. The molecule has 1 amide bonds. The summed E-state index contributed by atoms with van der Waals surface area (Å²) >= 11 is 0. The van der Waals surface area contributed by atoms with Crippen LogP contribution >= 0.6 is 0 Å². The molecule has 2 aliphatic heterocycles. The maximum Gasteiger partial charge on any atom is 0.412 e. The lowest BCUT2D eigenvalue weighted by molar-refractivity contribution is 0.00774. The Kier molecular flexibility index (Phi) is 7.01. The third-order valence-electron chi connectivity index (χ3n) is 6.31. The van der Waals surface area contributed by atoms with Crippen LogP contribution < -0.4 is 10.2 Å². The zero-order valence-electron chi connectivity index (χ0n) is 20.7. The lowest BCUT2D eigenvalue weighted by Crippen LogP contribution is -2.35. The molecule has 5 rings (SSSR count). The van der Waals surface area contributed by atoms with E-state index in [2.05, 4.69) is 20.8 Å². The molecule has 12 heteroatoms. The zero-order chi connectivity index (χ0) is 25.9. The number of ether oxygens (including phenoxy) is 4. The minimum Gasteiger partial charge on any atom is -0.462 e. The molecule has 4 atom stereocenters. The summed E-state index contributed by atoms with van der Waals surface area (Å²) in [4.78, 5) is 26.6. The molecule has 2 saturated heterocycles. The van der Waals surface area contributed by atoms with Crippen LogP contribution in [0.2, 0.25) is 0 Å². The third-order valence-corrected chi connectivity index (χ3v) is 6.31. The molecule has 2 aromatic carbocycles. The number of aromatic nitrogens is 4. The van der Waals surface area contributed by atoms with E-state index in [0.29, 0.717) is 23.7 Å². The summed E-state index contributed by atoms with van der Waals surface area (Å²) < 4.78 is 24.3. The van der Waals surface area contributed by atoms with Gasteiger partial charge in [0.05, 0.1) is 25.4 Å². The SMILES string of the molecule is CCOC(=O)c1cccc(NC(=O)O[C@@H]2CO[C@H]3[C@@H]2OC[C@@H]3n2nnnc2-c2ccc(N(C)C)cc2)c1. The van der Waals surface area contributed by atoms with Gasteiger partial charge in [0.1, 0.15) is 18.2 Å². The number of anilines is 2. The highest BCUT2D eigenvalue weighted by molar-refractivity contribution is 5.92. The van der Waals surface area contributed by atoms with E-state index in [-0.39, 0.29) is 25.4 Å². The van der Waals surface area contributed by atoms with Crippen molar-refractivity contribution in [3.05, 3.63) is 54.1 Å². The van der Waals surface area contributed by atoms with E-state index in [1.54, 1.807) is 29.8 Å². The molecule has 2 aliphatic rings. The van der Waals surface area contributed by atoms with Crippen LogP contribution in [-0.4, -0.2) is 84.5 Å². The van der Waals surface area contributed by atoms with Gasteiger partial charge in [-0.15, -0.1) is 5.10 Å². The standard InChI is InChI=1S/C25H28N6O6/c1-4-34-24(32)16-6-5-7-17(12-16)26-25(33)37-20-14-36-21-19(13-35-22(20)21)31-23(27-28-29-31)15-8-10-18(11-9-15)30(2)3/h5-12,19-22H,4,13-14H2,1-3H3,(H,26,33)/t19-,20+,21+,22+/m0/s1. The minimum atomic E-state index is -0.675. The molecule has 0 bridgehead atoms. The van der Waals surface area contributed by atoms with Gasteiger partial charge in [0.15, 0.2) is 11.9 Å². The van der Waals surface area contributed by atoms with Crippen molar-refractivity contribution in [3.8, 4) is 11.4 Å². The predicted octanol–water partition coefficient (Wildman–Crippen LogP) is 2.54. The summed E-state index contributed by atoms with van der Waals surface area (Å²) in [5.41, 5.74) is 2.68. The number of hydrogen-bond donors (Lipinski definition) is 1. The molecule has 2 fully saturated rings. The second kappa shape index (κ2) is 10.5. The van der Waals surface area contributed by atoms with E-state index in [1.165, 1.54) is 6.07 Å². The highest BCUT2D eigenvalue weighted by Gasteiger charge is 2.51. The summed E-state index contributed by atoms with van der Waals surface area (Å²) in [5.74, 6) is 0.138. The first-order valence-electron chi connectivity index (χ1n) is 12.0. The maximum atomic E-state index is 12.6. The van der Waals surface area contributed by atoms with E-state index in [4.69, 9.17) is 18.9 Å². The fourth-order valence-corrected chi connectivity index (χ4v) is 4.49. The van der Waals surface area contributed by atoms with Crippen molar-refractivity contribution in [2.75, 3.05) is 44.1 Å². The normalized spacial score (nSPS) is 22.4. The van der Waals surface area contributed by atoms with Gasteiger partial charge in [-0.2, -0.15) is 0 Å². The van der Waals surface area contributed by atoms with Crippen molar-refractivity contribution in [1.29, 1.82) is 0 Å². The number of tetrazole rings is 1. The van der Waals surface area contributed by atoms with Crippen molar-refractivity contribution < 1.29 is 28.5 Å². The lowest BCUT2D eigenvalue weighted by atomic mass is 10.1. The maximum absolute atomic E-state index is 12.6. The second-order valence-electron chi connectivity index (χ2n) is 8.92. The van der Waals surface area contributed by atoms with Crippen molar-refractivity contribution in [2.24, 2.45) is 0 Å². The highest BCUT2D eigenvalue weighted by Crippen LogP contribution is 2.37. The lowest BCUT2D eigenvalue weighted by Gasteiger charge is -2.18. The molecule has 0 saturated carbocycles. The van der Waals surface area contributed by atoms with Gasteiger partial charge < -0.3 is 23.8 Å². The summed E-state index contributed by atoms with van der Waals surface area (Å²) in [5, 5.41) is 14.9. The molecule has 1 N–H and O–H groups in total. The van der Waals surface area contributed by atoms with Crippen LogP contribution in [0.4, 0.5) is 16.2 Å². The van der Waals surface area contributed by atoms with Crippen molar-refractivity contribution >= 4 is 23.4 Å². The number of fused-ring (bicyclic) bond motifs is 1. The van der Waals surface area contributed by atoms with E-state index >= 15 is 0 Å². The fourth-order valence-electron chi connectivity index (χ4n) is 4.49. The van der Waals surface area contributed by atoms with Crippen molar-refractivity contribution in [1.82, 2.24) is 20.2 Å². The Morgan fingerprint density at radius 3 is 2.65 bits per heavy atom. The zero-order valence-corrected chi connectivity index (χ0v) is 20.7. The van der Waals surface area contributed by atoms with Crippen LogP contribution in [0.5, 0.6) is 0 Å². The number of rotatable bonds is 7. The van der Waals surface area contributed by atoms with Gasteiger partial charge in [-0.3, -0.25) is 5.32 Å². The van der Waals surface area contributed by atoms with E-state index in [0.717, 1.165) is 11.3 Å². The Morgan fingerprint density at radius 1 is 1.11 bits per heavy atom. The van der Waals surface area contributed by atoms with E-state index in [1.807, 2.05) is 43.3 Å². The molecular weight excluding hydrogens is 480 g/mol.